The number of ether oxygens (including phenoxy) is 1. The molecule has 0 aliphatic heterocycles. The van der Waals surface area contributed by atoms with E-state index in [2.05, 4.69) is 35.4 Å². The predicted octanol–water partition coefficient (Wildman–Crippen LogP) is 6.79. The first-order valence-electron chi connectivity index (χ1n) is 13.5. The number of alkyl halides is 3. The summed E-state index contributed by atoms with van der Waals surface area (Å²) in [6.07, 6.45) is -0.216. The highest BCUT2D eigenvalue weighted by molar-refractivity contribution is 5.89. The molecular weight excluding hydrogens is 571 g/mol. The van der Waals surface area contributed by atoms with Crippen molar-refractivity contribution in [3.05, 3.63) is 60.2 Å². The Kier molecular flexibility index (Phi) is 10.4. The van der Waals surface area contributed by atoms with Crippen molar-refractivity contribution in [3.8, 4) is 5.75 Å². The van der Waals surface area contributed by atoms with Crippen LogP contribution in [0.25, 0.3) is 11.0 Å². The number of hydrogen-bond acceptors (Lipinski definition) is 6. The van der Waals surface area contributed by atoms with Crippen LogP contribution in [-0.4, -0.2) is 49.1 Å². The fourth-order valence-electron chi connectivity index (χ4n) is 5.58. The van der Waals surface area contributed by atoms with Gasteiger partial charge in [0.15, 0.2) is 0 Å². The summed E-state index contributed by atoms with van der Waals surface area (Å²) in [6, 6.07) is 11.5. The van der Waals surface area contributed by atoms with Crippen LogP contribution in [0.1, 0.15) is 58.1 Å². The molecule has 0 amide bonds. The van der Waals surface area contributed by atoms with Crippen LogP contribution in [0.4, 0.5) is 24.8 Å². The fraction of sp³-hybridized carbons (Fsp3) is 0.400. The molecule has 0 bridgehead atoms. The van der Waals surface area contributed by atoms with Gasteiger partial charge < -0.3 is 29.9 Å². The van der Waals surface area contributed by atoms with Crippen molar-refractivity contribution in [1.29, 1.82) is 0 Å². The average Bonchev–Trinajstić information content (AvgIpc) is 3.24. The number of anilines is 2. The number of aliphatic carboxylic acids is 3. The number of carboxylic acids is 3. The highest BCUT2D eigenvalue weighted by Crippen LogP contribution is 2.46. The number of imidazole rings is 1. The minimum atomic E-state index is -4.75. The van der Waals surface area contributed by atoms with E-state index in [0.29, 0.717) is 36.1 Å². The monoisotopic (exact) mass is 605 g/mol. The maximum Gasteiger partial charge on any atom is 0.573 e. The van der Waals surface area contributed by atoms with Gasteiger partial charge in [-0.15, -0.1) is 13.2 Å². The number of nitrogens with one attached hydrogen (secondary N) is 1. The first kappa shape index (κ1) is 33.0. The molecule has 43 heavy (non-hydrogen) atoms. The van der Waals surface area contributed by atoms with Gasteiger partial charge in [-0.05, 0) is 72.9 Å². The van der Waals surface area contributed by atoms with Gasteiger partial charge in [0.05, 0.1) is 11.0 Å². The molecule has 10 nitrogen and oxygen atoms in total. The van der Waals surface area contributed by atoms with Crippen LogP contribution in [-0.2, 0) is 20.8 Å². The molecule has 2 aromatic carbocycles. The van der Waals surface area contributed by atoms with Crippen molar-refractivity contribution in [2.45, 2.75) is 65.3 Å². The Hall–Kier alpha value is -4.55. The van der Waals surface area contributed by atoms with Crippen molar-refractivity contribution < 1.29 is 47.6 Å². The van der Waals surface area contributed by atoms with Crippen LogP contribution in [0.2, 0.25) is 0 Å². The minimum absolute atomic E-state index is 0.00287. The third-order valence-electron chi connectivity index (χ3n) is 6.85. The third-order valence-corrected chi connectivity index (χ3v) is 6.85. The summed E-state index contributed by atoms with van der Waals surface area (Å²) in [5.41, 5.74) is 3.23. The lowest BCUT2D eigenvalue weighted by molar-refractivity contribution is -0.274. The SMILES string of the molecule is C[C@H]1C[C@@H](n2c(Nc3ccc(OC(F)(F)F)cc3)nc3c(CCC(=O)O)cccc32)CC(C)(C)C1.O=C(O)/C=C/C(=O)O. The van der Waals surface area contributed by atoms with Crippen LogP contribution in [0.3, 0.4) is 0 Å². The Morgan fingerprint density at radius 2 is 1.67 bits per heavy atom. The van der Waals surface area contributed by atoms with Crippen molar-refractivity contribution in [2.75, 3.05) is 5.32 Å². The molecule has 1 saturated carbocycles. The minimum Gasteiger partial charge on any atom is -0.481 e. The molecule has 0 saturated heterocycles. The Labute approximate surface area is 245 Å². The normalized spacial score (nSPS) is 18.1. The number of aryl methyl sites for hydroxylation is 1. The molecule has 13 heteroatoms. The molecule has 4 N–H and O–H groups in total. The summed E-state index contributed by atoms with van der Waals surface area (Å²) >= 11 is 0. The van der Waals surface area contributed by atoms with Gasteiger partial charge in [0.25, 0.3) is 0 Å². The molecule has 1 aliphatic rings. The molecule has 1 fully saturated rings. The molecular formula is C30H34F3N3O7. The summed E-state index contributed by atoms with van der Waals surface area (Å²) in [7, 11) is 0. The number of rotatable bonds is 9. The Morgan fingerprint density at radius 3 is 2.21 bits per heavy atom. The lowest BCUT2D eigenvalue weighted by Gasteiger charge is -2.40. The maximum absolute atomic E-state index is 12.5. The number of aromatic nitrogens is 2. The van der Waals surface area contributed by atoms with Crippen molar-refractivity contribution >= 4 is 40.6 Å². The molecule has 2 atom stereocenters. The number of hydrogen-bond donors (Lipinski definition) is 4. The number of para-hydroxylation sites is 1. The molecule has 1 heterocycles. The summed E-state index contributed by atoms with van der Waals surface area (Å²) in [5.74, 6) is -2.58. The maximum atomic E-state index is 12.5. The topological polar surface area (TPSA) is 151 Å². The molecule has 1 aromatic heterocycles. The standard InChI is InChI=1S/C26H30F3N3O3.C4H4O4/c1-16-13-19(15-25(2,3)14-16)32-21-6-4-5-17(7-12-22(33)34)23(21)31-24(32)30-18-8-10-20(11-9-18)35-26(27,28)29;5-3(6)1-2-4(7)8/h4-6,8-11,16,19H,7,12-15H2,1-3H3,(H,30,31)(H,33,34);1-2H,(H,5,6)(H,7,8)/b;2-1+/t16-,19+;/m0./s1. The second-order valence-electron chi connectivity index (χ2n) is 11.3. The van der Waals surface area contributed by atoms with E-state index in [1.165, 1.54) is 24.3 Å². The van der Waals surface area contributed by atoms with Gasteiger partial charge in [-0.25, -0.2) is 14.6 Å². The number of nitrogens with zero attached hydrogens (tertiary/aromatic N) is 2. The molecule has 232 valence electrons. The van der Waals surface area contributed by atoms with E-state index in [9.17, 15) is 27.6 Å². The smallest absolute Gasteiger partial charge is 0.481 e. The number of fused-ring (bicyclic) bond motifs is 1. The van der Waals surface area contributed by atoms with E-state index >= 15 is 0 Å². The summed E-state index contributed by atoms with van der Waals surface area (Å²) < 4.78 is 43.7. The summed E-state index contributed by atoms with van der Waals surface area (Å²) in [4.78, 5) is 35.1. The van der Waals surface area contributed by atoms with Crippen LogP contribution < -0.4 is 10.1 Å². The van der Waals surface area contributed by atoms with Gasteiger partial charge in [0, 0.05) is 30.3 Å². The highest BCUT2D eigenvalue weighted by Gasteiger charge is 2.35. The van der Waals surface area contributed by atoms with E-state index in [1.54, 1.807) is 0 Å². The highest BCUT2D eigenvalue weighted by atomic mass is 19.4. The molecule has 3 aromatic rings. The first-order chi connectivity index (χ1) is 20.0. The molecule has 0 spiro atoms. The van der Waals surface area contributed by atoms with Crippen molar-refractivity contribution in [1.82, 2.24) is 9.55 Å². The second-order valence-corrected chi connectivity index (χ2v) is 11.3. The third kappa shape index (κ3) is 10.0. The van der Waals surface area contributed by atoms with Crippen LogP contribution in [0, 0.1) is 11.3 Å². The van der Waals surface area contributed by atoms with Crippen LogP contribution in [0.15, 0.2) is 54.6 Å². The average molecular weight is 606 g/mol. The zero-order valence-corrected chi connectivity index (χ0v) is 23.9. The van der Waals surface area contributed by atoms with E-state index in [0.717, 1.165) is 35.9 Å². The molecule has 1 aliphatic carbocycles. The summed E-state index contributed by atoms with van der Waals surface area (Å²) in [6.45, 7) is 6.77. The van der Waals surface area contributed by atoms with Gasteiger partial charge in [0.1, 0.15) is 5.75 Å². The van der Waals surface area contributed by atoms with E-state index in [-0.39, 0.29) is 23.6 Å². The molecule has 0 radical (unpaired) electrons. The van der Waals surface area contributed by atoms with Crippen LogP contribution >= 0.6 is 0 Å². The van der Waals surface area contributed by atoms with Gasteiger partial charge in [-0.1, -0.05) is 32.9 Å². The van der Waals surface area contributed by atoms with Crippen molar-refractivity contribution in [3.63, 3.8) is 0 Å². The quantitative estimate of drug-likeness (QED) is 0.193. The zero-order chi connectivity index (χ0) is 31.9. The zero-order valence-electron chi connectivity index (χ0n) is 23.9. The number of carboxylic acid groups (broad SMARTS) is 3. The van der Waals surface area contributed by atoms with Gasteiger partial charge in [0.2, 0.25) is 5.95 Å². The Bertz CT molecular complexity index is 1460. The van der Waals surface area contributed by atoms with Crippen LogP contribution in [0.5, 0.6) is 5.75 Å². The van der Waals surface area contributed by atoms with Gasteiger partial charge in [-0.2, -0.15) is 0 Å². The van der Waals surface area contributed by atoms with Gasteiger partial charge >= 0.3 is 24.3 Å². The Balaban J connectivity index is 0.000000557. The molecule has 4 rings (SSSR count). The second kappa shape index (κ2) is 13.6. The van der Waals surface area contributed by atoms with E-state index in [4.69, 9.17) is 20.3 Å². The number of carbonyl (C=O) groups is 3. The number of benzene rings is 2. The Morgan fingerprint density at radius 1 is 1.05 bits per heavy atom. The first-order valence-corrected chi connectivity index (χ1v) is 13.5. The fourth-order valence-corrected chi connectivity index (χ4v) is 5.58. The predicted molar refractivity (Wildman–Crippen MR) is 152 cm³/mol. The van der Waals surface area contributed by atoms with E-state index in [1.807, 2.05) is 18.2 Å². The number of halogens is 3. The lowest BCUT2D eigenvalue weighted by atomic mass is 9.70. The van der Waals surface area contributed by atoms with Gasteiger partial charge in [-0.3, -0.25) is 4.79 Å². The largest absolute Gasteiger partial charge is 0.573 e. The molecule has 0 unspecified atom stereocenters. The van der Waals surface area contributed by atoms with Crippen molar-refractivity contribution in [2.24, 2.45) is 11.3 Å². The summed E-state index contributed by atoms with van der Waals surface area (Å²) in [5, 5.41) is 28.1. The lowest BCUT2D eigenvalue weighted by Crippen LogP contribution is -2.29. The van der Waals surface area contributed by atoms with E-state index < -0.39 is 24.3 Å².